The van der Waals surface area contributed by atoms with Gasteiger partial charge in [0, 0.05) is 13.1 Å². The van der Waals surface area contributed by atoms with Gasteiger partial charge < -0.3 is 21.4 Å². The van der Waals surface area contributed by atoms with Crippen molar-refractivity contribution in [1.29, 1.82) is 0 Å². The number of aliphatic hydroxyl groups is 1. The summed E-state index contributed by atoms with van der Waals surface area (Å²) < 4.78 is 0. The molecule has 0 fully saturated rings. The van der Waals surface area contributed by atoms with Crippen LogP contribution in [0.5, 0.6) is 0 Å². The van der Waals surface area contributed by atoms with Crippen LogP contribution in [-0.4, -0.2) is 35.3 Å². The van der Waals surface area contributed by atoms with Gasteiger partial charge in [-0.3, -0.25) is 0 Å². The van der Waals surface area contributed by atoms with Gasteiger partial charge in [-0.25, -0.2) is 0 Å². The van der Waals surface area contributed by atoms with Gasteiger partial charge >= 0.3 is 0 Å². The molecule has 0 heterocycles. The Kier molecular flexibility index (Phi) is 6.92. The molecule has 0 radical (unpaired) electrons. The second-order valence-electron chi connectivity index (χ2n) is 4.59. The smallest absolute Gasteiger partial charge is 0.147 e. The summed E-state index contributed by atoms with van der Waals surface area (Å²) in [4.78, 5) is 0. The first kappa shape index (κ1) is 15.5. The van der Waals surface area contributed by atoms with E-state index in [-0.39, 0.29) is 17.9 Å². The minimum absolute atomic E-state index is 0.170. The van der Waals surface area contributed by atoms with Crippen LogP contribution >= 0.6 is 0 Å². The van der Waals surface area contributed by atoms with E-state index in [0.29, 0.717) is 13.1 Å². The van der Waals surface area contributed by atoms with Gasteiger partial charge in [-0.15, -0.1) is 0 Å². The molecule has 0 aliphatic carbocycles. The summed E-state index contributed by atoms with van der Waals surface area (Å²) in [5.74, 6) is -0.0243. The van der Waals surface area contributed by atoms with Crippen LogP contribution < -0.4 is 11.1 Å². The van der Waals surface area contributed by atoms with Gasteiger partial charge in [-0.2, -0.15) is 0 Å². The van der Waals surface area contributed by atoms with Crippen molar-refractivity contribution in [3.63, 3.8) is 0 Å². The fourth-order valence-corrected chi connectivity index (χ4v) is 1.98. The van der Waals surface area contributed by atoms with Crippen LogP contribution in [0.4, 0.5) is 0 Å². The number of nitrogens with two attached hydrogens (primary N) is 1. The summed E-state index contributed by atoms with van der Waals surface area (Å²) in [6.45, 7) is 3.07. The molecule has 0 saturated heterocycles. The molecular formula is C14H23N3O2. The normalized spacial score (nSPS) is 15.2. The zero-order valence-electron chi connectivity index (χ0n) is 11.3. The molecule has 0 saturated carbocycles. The molecule has 1 aromatic rings. The van der Waals surface area contributed by atoms with E-state index in [4.69, 9.17) is 10.9 Å². The predicted molar refractivity (Wildman–Crippen MR) is 76.4 cm³/mol. The van der Waals surface area contributed by atoms with Gasteiger partial charge in [0.05, 0.1) is 12.0 Å². The van der Waals surface area contributed by atoms with Gasteiger partial charge in [0.1, 0.15) is 5.84 Å². The Labute approximate surface area is 114 Å². The summed E-state index contributed by atoms with van der Waals surface area (Å²) in [6.07, 6.45) is 1.37. The number of oxime groups is 1. The minimum atomic E-state index is -0.353. The Morgan fingerprint density at radius 1 is 1.32 bits per heavy atom. The fraction of sp³-hybridized carbons (Fsp3) is 0.500. The second kappa shape index (κ2) is 8.50. The van der Waals surface area contributed by atoms with Crippen LogP contribution in [0.25, 0.3) is 0 Å². The van der Waals surface area contributed by atoms with Crippen molar-refractivity contribution in [1.82, 2.24) is 5.32 Å². The van der Waals surface area contributed by atoms with Crippen molar-refractivity contribution in [2.45, 2.75) is 31.8 Å². The molecule has 1 rings (SSSR count). The standard InChI is InChI=1S/C14H23N3O2/c1-2-6-12(18)9-16-10-13(14(15)17-19)11-7-4-3-5-8-11/h3-5,7-8,12-13,16,18-19H,2,6,9-10H2,1H3,(H2,15,17). The highest BCUT2D eigenvalue weighted by atomic mass is 16.4. The first-order chi connectivity index (χ1) is 9.19. The van der Waals surface area contributed by atoms with E-state index in [1.807, 2.05) is 37.3 Å². The summed E-state index contributed by atoms with van der Waals surface area (Å²) in [7, 11) is 0. The molecular weight excluding hydrogens is 242 g/mol. The quantitative estimate of drug-likeness (QED) is 0.246. The lowest BCUT2D eigenvalue weighted by atomic mass is 9.98. The molecule has 0 amide bonds. The molecule has 0 aliphatic rings. The number of benzene rings is 1. The number of rotatable bonds is 8. The van der Waals surface area contributed by atoms with E-state index < -0.39 is 0 Å². The van der Waals surface area contributed by atoms with Crippen LogP contribution in [0.3, 0.4) is 0 Å². The van der Waals surface area contributed by atoms with Crippen molar-refractivity contribution in [3.05, 3.63) is 35.9 Å². The van der Waals surface area contributed by atoms with E-state index in [1.54, 1.807) is 0 Å². The number of aliphatic hydroxyl groups excluding tert-OH is 1. The highest BCUT2D eigenvalue weighted by Gasteiger charge is 2.16. The molecule has 5 heteroatoms. The van der Waals surface area contributed by atoms with E-state index >= 15 is 0 Å². The molecule has 2 unspecified atom stereocenters. The molecule has 1 aromatic carbocycles. The first-order valence-electron chi connectivity index (χ1n) is 6.60. The van der Waals surface area contributed by atoms with Gasteiger partial charge in [0.15, 0.2) is 0 Å². The van der Waals surface area contributed by atoms with Crippen LogP contribution in [0.15, 0.2) is 35.5 Å². The van der Waals surface area contributed by atoms with Gasteiger partial charge in [0.25, 0.3) is 0 Å². The van der Waals surface area contributed by atoms with E-state index in [0.717, 1.165) is 18.4 Å². The topological polar surface area (TPSA) is 90.9 Å². The predicted octanol–water partition coefficient (Wildman–Crippen LogP) is 1.27. The lowest BCUT2D eigenvalue weighted by molar-refractivity contribution is 0.161. The van der Waals surface area contributed by atoms with Crippen LogP contribution in [0, 0.1) is 0 Å². The van der Waals surface area contributed by atoms with E-state index in [2.05, 4.69) is 10.5 Å². The molecule has 19 heavy (non-hydrogen) atoms. The van der Waals surface area contributed by atoms with Crippen molar-refractivity contribution in [2.24, 2.45) is 10.9 Å². The van der Waals surface area contributed by atoms with Crippen LogP contribution in [0.1, 0.15) is 31.2 Å². The lowest BCUT2D eigenvalue weighted by Gasteiger charge is -2.18. The maximum atomic E-state index is 9.66. The molecule has 2 atom stereocenters. The summed E-state index contributed by atoms with van der Waals surface area (Å²) in [5, 5.41) is 24.8. The Bertz CT molecular complexity index is 382. The van der Waals surface area contributed by atoms with Crippen molar-refractivity contribution < 1.29 is 10.3 Å². The number of nitrogens with one attached hydrogen (secondary N) is 1. The third-order valence-electron chi connectivity index (χ3n) is 3.02. The molecule has 106 valence electrons. The summed E-state index contributed by atoms with van der Waals surface area (Å²) in [5.41, 5.74) is 6.70. The highest BCUT2D eigenvalue weighted by molar-refractivity contribution is 5.87. The molecule has 0 aromatic heterocycles. The first-order valence-corrected chi connectivity index (χ1v) is 6.60. The monoisotopic (exact) mass is 265 g/mol. The maximum absolute atomic E-state index is 9.66. The zero-order valence-corrected chi connectivity index (χ0v) is 11.3. The van der Waals surface area contributed by atoms with Crippen LogP contribution in [-0.2, 0) is 0 Å². The SMILES string of the molecule is CCCC(O)CNCC(/C(N)=N/O)c1ccccc1. The molecule has 0 bridgehead atoms. The zero-order chi connectivity index (χ0) is 14.1. The average Bonchev–Trinajstić information content (AvgIpc) is 2.44. The highest BCUT2D eigenvalue weighted by Crippen LogP contribution is 2.14. The summed E-state index contributed by atoms with van der Waals surface area (Å²) >= 11 is 0. The fourth-order valence-electron chi connectivity index (χ4n) is 1.98. The minimum Gasteiger partial charge on any atom is -0.409 e. The van der Waals surface area contributed by atoms with E-state index in [1.165, 1.54) is 0 Å². The van der Waals surface area contributed by atoms with Gasteiger partial charge in [-0.1, -0.05) is 48.8 Å². The van der Waals surface area contributed by atoms with Crippen molar-refractivity contribution in [2.75, 3.05) is 13.1 Å². The number of hydrogen-bond acceptors (Lipinski definition) is 4. The molecule has 5 N–H and O–H groups in total. The third kappa shape index (κ3) is 5.28. The Morgan fingerprint density at radius 2 is 2.00 bits per heavy atom. The average molecular weight is 265 g/mol. The Morgan fingerprint density at radius 3 is 2.58 bits per heavy atom. The third-order valence-corrected chi connectivity index (χ3v) is 3.02. The van der Waals surface area contributed by atoms with Crippen LogP contribution in [0.2, 0.25) is 0 Å². The van der Waals surface area contributed by atoms with Gasteiger partial charge in [0.2, 0.25) is 0 Å². The Balaban J connectivity index is 2.57. The summed E-state index contributed by atoms with van der Waals surface area (Å²) in [6, 6.07) is 9.63. The largest absolute Gasteiger partial charge is 0.409 e. The lowest BCUT2D eigenvalue weighted by Crippen LogP contribution is -2.35. The Hall–Kier alpha value is -1.59. The van der Waals surface area contributed by atoms with Crippen molar-refractivity contribution >= 4 is 5.84 Å². The molecule has 5 nitrogen and oxygen atoms in total. The molecule has 0 spiro atoms. The molecule has 0 aliphatic heterocycles. The number of amidine groups is 1. The number of nitrogens with zero attached hydrogens (tertiary/aromatic N) is 1. The maximum Gasteiger partial charge on any atom is 0.147 e. The van der Waals surface area contributed by atoms with E-state index in [9.17, 15) is 5.11 Å². The second-order valence-corrected chi connectivity index (χ2v) is 4.59. The van der Waals surface area contributed by atoms with Gasteiger partial charge in [-0.05, 0) is 12.0 Å². The number of hydrogen-bond donors (Lipinski definition) is 4. The van der Waals surface area contributed by atoms with Crippen molar-refractivity contribution in [3.8, 4) is 0 Å².